The van der Waals surface area contributed by atoms with Crippen molar-refractivity contribution in [2.75, 3.05) is 20.7 Å². The van der Waals surface area contributed by atoms with Crippen molar-refractivity contribution in [3.05, 3.63) is 71.4 Å². The number of carbonyl (C=O) groups excluding carboxylic acids is 2. The third kappa shape index (κ3) is 5.51. The van der Waals surface area contributed by atoms with E-state index in [-0.39, 0.29) is 11.8 Å². The summed E-state index contributed by atoms with van der Waals surface area (Å²) in [6.07, 6.45) is 4.48. The van der Waals surface area contributed by atoms with E-state index < -0.39 is 0 Å². The Morgan fingerprint density at radius 2 is 1.76 bits per heavy atom. The van der Waals surface area contributed by atoms with E-state index >= 15 is 0 Å². The minimum atomic E-state index is -0.0805. The van der Waals surface area contributed by atoms with E-state index in [2.05, 4.69) is 10.6 Å². The molecule has 2 amide bonds. The number of ether oxygens (including phenoxy) is 1. The molecule has 0 unspecified atom stereocenters. The molecule has 1 aliphatic rings. The van der Waals surface area contributed by atoms with E-state index in [9.17, 15) is 9.59 Å². The van der Waals surface area contributed by atoms with Crippen LogP contribution in [0.5, 0.6) is 5.75 Å². The standard InChI is InChI=1S/C27H31N3O3/c1-28-27(32)23-16-25(30-24-6-4-3-5-22(23)24)20-11-7-19(8-12-20)17-29-26(31)15-18-9-13-21(33-2)14-10-18/h3-6,9-10,13-14,16,19-20H,7-8,11-12,15,17H2,1-2H3,(H,28,32)(H,29,31). The largest absolute Gasteiger partial charge is 0.497 e. The molecule has 172 valence electrons. The first-order valence-electron chi connectivity index (χ1n) is 11.6. The Hall–Kier alpha value is -3.41. The van der Waals surface area contributed by atoms with Gasteiger partial charge in [0, 0.05) is 30.6 Å². The maximum Gasteiger partial charge on any atom is 0.251 e. The van der Waals surface area contributed by atoms with Crippen LogP contribution in [-0.4, -0.2) is 37.5 Å². The van der Waals surface area contributed by atoms with Gasteiger partial charge >= 0.3 is 0 Å². The van der Waals surface area contributed by atoms with Gasteiger partial charge < -0.3 is 15.4 Å². The van der Waals surface area contributed by atoms with Gasteiger partial charge in [0.2, 0.25) is 5.91 Å². The average Bonchev–Trinajstić information content (AvgIpc) is 2.87. The first kappa shape index (κ1) is 22.8. The molecule has 1 saturated carbocycles. The summed E-state index contributed by atoms with van der Waals surface area (Å²) in [5, 5.41) is 6.73. The van der Waals surface area contributed by atoms with Crippen LogP contribution in [0.2, 0.25) is 0 Å². The molecule has 2 aromatic carbocycles. The lowest BCUT2D eigenvalue weighted by atomic mass is 9.80. The van der Waals surface area contributed by atoms with Gasteiger partial charge in [-0.05, 0) is 61.4 Å². The zero-order valence-corrected chi connectivity index (χ0v) is 19.3. The number of benzene rings is 2. The molecule has 6 nitrogen and oxygen atoms in total. The summed E-state index contributed by atoms with van der Waals surface area (Å²) >= 11 is 0. The van der Waals surface area contributed by atoms with Crippen molar-refractivity contribution in [2.24, 2.45) is 5.92 Å². The average molecular weight is 446 g/mol. The number of nitrogens with zero attached hydrogens (tertiary/aromatic N) is 1. The van der Waals surface area contributed by atoms with Crippen molar-refractivity contribution in [3.63, 3.8) is 0 Å². The van der Waals surface area contributed by atoms with Crippen LogP contribution in [0.3, 0.4) is 0 Å². The van der Waals surface area contributed by atoms with E-state index in [4.69, 9.17) is 9.72 Å². The lowest BCUT2D eigenvalue weighted by Crippen LogP contribution is -2.32. The normalized spacial score (nSPS) is 18.0. The second-order valence-corrected chi connectivity index (χ2v) is 8.74. The van der Waals surface area contributed by atoms with Gasteiger partial charge in [0.25, 0.3) is 5.91 Å². The molecule has 0 bridgehead atoms. The van der Waals surface area contributed by atoms with Gasteiger partial charge in [-0.15, -0.1) is 0 Å². The second kappa shape index (κ2) is 10.5. The lowest BCUT2D eigenvalue weighted by Gasteiger charge is -2.28. The Balaban J connectivity index is 1.32. The first-order chi connectivity index (χ1) is 16.1. The molecule has 1 heterocycles. The van der Waals surface area contributed by atoms with Gasteiger partial charge in [0.1, 0.15) is 5.75 Å². The molecule has 2 N–H and O–H groups in total. The maximum absolute atomic E-state index is 12.4. The van der Waals surface area contributed by atoms with Crippen LogP contribution in [0.1, 0.15) is 53.2 Å². The molecule has 0 aliphatic heterocycles. The fourth-order valence-corrected chi connectivity index (χ4v) is 4.64. The molecule has 6 heteroatoms. The Morgan fingerprint density at radius 3 is 2.45 bits per heavy atom. The van der Waals surface area contributed by atoms with Crippen LogP contribution in [0.15, 0.2) is 54.6 Å². The van der Waals surface area contributed by atoms with Gasteiger partial charge in [0.15, 0.2) is 0 Å². The van der Waals surface area contributed by atoms with E-state index in [0.717, 1.165) is 53.6 Å². The van der Waals surface area contributed by atoms with Crippen molar-refractivity contribution in [3.8, 4) is 5.75 Å². The summed E-state index contributed by atoms with van der Waals surface area (Å²) in [6, 6.07) is 17.4. The summed E-state index contributed by atoms with van der Waals surface area (Å²) < 4.78 is 5.16. The smallest absolute Gasteiger partial charge is 0.251 e. The molecule has 0 atom stereocenters. The monoisotopic (exact) mass is 445 g/mol. The fourth-order valence-electron chi connectivity index (χ4n) is 4.64. The second-order valence-electron chi connectivity index (χ2n) is 8.74. The van der Waals surface area contributed by atoms with Crippen LogP contribution in [0, 0.1) is 5.92 Å². The quantitative estimate of drug-likeness (QED) is 0.570. The maximum atomic E-state index is 12.4. The van der Waals surface area contributed by atoms with Crippen LogP contribution in [-0.2, 0) is 11.2 Å². The molecule has 33 heavy (non-hydrogen) atoms. The molecular formula is C27H31N3O3. The number of pyridine rings is 1. The Morgan fingerprint density at radius 1 is 1.03 bits per heavy atom. The van der Waals surface area contributed by atoms with Crippen LogP contribution in [0.25, 0.3) is 10.9 Å². The minimum Gasteiger partial charge on any atom is -0.497 e. The van der Waals surface area contributed by atoms with Gasteiger partial charge in [0.05, 0.1) is 24.6 Å². The number of aromatic nitrogens is 1. The van der Waals surface area contributed by atoms with Crippen molar-refractivity contribution >= 4 is 22.7 Å². The summed E-state index contributed by atoms with van der Waals surface area (Å²) in [4.78, 5) is 29.7. The first-order valence-corrected chi connectivity index (χ1v) is 11.6. The Labute approximate surface area is 194 Å². The molecule has 3 aromatic rings. The number of hydrogen-bond donors (Lipinski definition) is 2. The van der Waals surface area contributed by atoms with Gasteiger partial charge in [-0.2, -0.15) is 0 Å². The third-order valence-electron chi connectivity index (χ3n) is 6.58. The molecule has 0 radical (unpaired) electrons. The van der Waals surface area contributed by atoms with Crippen LogP contribution >= 0.6 is 0 Å². The number of rotatable bonds is 7. The molecule has 4 rings (SSSR count). The molecule has 1 fully saturated rings. The highest BCUT2D eigenvalue weighted by atomic mass is 16.5. The number of para-hydroxylation sites is 1. The molecule has 0 saturated heterocycles. The number of hydrogen-bond acceptors (Lipinski definition) is 4. The zero-order valence-electron chi connectivity index (χ0n) is 19.3. The summed E-state index contributed by atoms with van der Waals surface area (Å²) in [6.45, 7) is 0.705. The highest BCUT2D eigenvalue weighted by Crippen LogP contribution is 2.36. The zero-order chi connectivity index (χ0) is 23.2. The van der Waals surface area contributed by atoms with Crippen molar-refractivity contribution in [1.82, 2.24) is 15.6 Å². The number of amides is 2. The van der Waals surface area contributed by atoms with E-state index in [0.29, 0.717) is 30.4 Å². The van der Waals surface area contributed by atoms with Crippen molar-refractivity contribution in [1.29, 1.82) is 0 Å². The van der Waals surface area contributed by atoms with Crippen molar-refractivity contribution in [2.45, 2.75) is 38.0 Å². The van der Waals surface area contributed by atoms with Crippen LogP contribution in [0.4, 0.5) is 0 Å². The SMILES string of the molecule is CNC(=O)c1cc(C2CCC(CNC(=O)Cc3ccc(OC)cc3)CC2)nc2ccccc12. The topological polar surface area (TPSA) is 80.3 Å². The summed E-state index contributed by atoms with van der Waals surface area (Å²) in [5.41, 5.74) is 3.52. The van der Waals surface area contributed by atoms with E-state index in [1.807, 2.05) is 54.6 Å². The highest BCUT2D eigenvalue weighted by molar-refractivity contribution is 6.06. The molecular weight excluding hydrogens is 414 g/mol. The summed E-state index contributed by atoms with van der Waals surface area (Å²) in [7, 11) is 3.29. The third-order valence-corrected chi connectivity index (χ3v) is 6.58. The Kier molecular flexibility index (Phi) is 7.23. The van der Waals surface area contributed by atoms with E-state index in [1.165, 1.54) is 0 Å². The van der Waals surface area contributed by atoms with Gasteiger partial charge in [-0.3, -0.25) is 14.6 Å². The number of methoxy groups -OCH3 is 1. The molecule has 1 aromatic heterocycles. The van der Waals surface area contributed by atoms with Gasteiger partial charge in [-0.25, -0.2) is 0 Å². The number of nitrogens with one attached hydrogen (secondary N) is 2. The molecule has 0 spiro atoms. The van der Waals surface area contributed by atoms with Crippen molar-refractivity contribution < 1.29 is 14.3 Å². The lowest BCUT2D eigenvalue weighted by molar-refractivity contribution is -0.120. The number of fused-ring (bicyclic) bond motifs is 1. The predicted octanol–water partition coefficient (Wildman–Crippen LogP) is 4.24. The minimum absolute atomic E-state index is 0.0497. The predicted molar refractivity (Wildman–Crippen MR) is 130 cm³/mol. The molecule has 1 aliphatic carbocycles. The van der Waals surface area contributed by atoms with Crippen LogP contribution < -0.4 is 15.4 Å². The van der Waals surface area contributed by atoms with Gasteiger partial charge in [-0.1, -0.05) is 30.3 Å². The summed E-state index contributed by atoms with van der Waals surface area (Å²) in [5.74, 6) is 1.57. The highest BCUT2D eigenvalue weighted by Gasteiger charge is 2.25. The Bertz CT molecular complexity index is 1120. The van der Waals surface area contributed by atoms with E-state index in [1.54, 1.807) is 14.2 Å². The number of carbonyl (C=O) groups is 2. The fraction of sp³-hybridized carbons (Fsp3) is 0.370.